The van der Waals surface area contributed by atoms with Crippen LogP contribution in [-0.4, -0.2) is 27.4 Å². The predicted octanol–water partition coefficient (Wildman–Crippen LogP) is 4.10. The molecule has 0 spiro atoms. The molecule has 1 atom stereocenters. The van der Waals surface area contributed by atoms with Crippen LogP contribution in [0.25, 0.3) is 0 Å². The molecule has 3 aromatic rings. The van der Waals surface area contributed by atoms with Gasteiger partial charge in [0.15, 0.2) is 0 Å². The second-order valence-electron chi connectivity index (χ2n) is 7.19. The van der Waals surface area contributed by atoms with Crippen molar-refractivity contribution in [3.8, 4) is 0 Å². The van der Waals surface area contributed by atoms with Gasteiger partial charge >= 0.3 is 0 Å². The summed E-state index contributed by atoms with van der Waals surface area (Å²) in [5.74, 6) is -0.130. The lowest BCUT2D eigenvalue weighted by atomic mass is 10.1. The fourth-order valence-electron chi connectivity index (χ4n) is 3.74. The summed E-state index contributed by atoms with van der Waals surface area (Å²) in [6.45, 7) is 2.02. The molecule has 0 saturated heterocycles. The maximum atomic E-state index is 13.3. The van der Waals surface area contributed by atoms with Crippen molar-refractivity contribution in [2.45, 2.75) is 24.3 Å². The Hall–Kier alpha value is -3.12. The lowest BCUT2D eigenvalue weighted by Gasteiger charge is -2.24. The van der Waals surface area contributed by atoms with Gasteiger partial charge in [0.1, 0.15) is 0 Å². The number of fused-ring (bicyclic) bond motifs is 1. The maximum Gasteiger partial charge on any atom is 0.264 e. The van der Waals surface area contributed by atoms with Crippen molar-refractivity contribution >= 4 is 27.3 Å². The van der Waals surface area contributed by atoms with E-state index in [-0.39, 0.29) is 16.8 Å². The monoisotopic (exact) mass is 406 g/mol. The summed E-state index contributed by atoms with van der Waals surface area (Å²) in [4.78, 5) is 15.3. The Bertz CT molecular complexity index is 1160. The SMILES string of the molecule is CC1Cc2ccccc2N1C(=O)c1cccc(N(C)S(=O)(=O)c2ccccc2)c1. The van der Waals surface area contributed by atoms with E-state index < -0.39 is 10.0 Å². The van der Waals surface area contributed by atoms with Gasteiger partial charge in [-0.25, -0.2) is 8.42 Å². The minimum atomic E-state index is -3.70. The summed E-state index contributed by atoms with van der Waals surface area (Å²) in [5, 5.41) is 0. The minimum Gasteiger partial charge on any atom is -0.305 e. The Balaban J connectivity index is 1.67. The first-order valence-electron chi connectivity index (χ1n) is 9.45. The number of carbonyl (C=O) groups excluding carboxylic acids is 1. The number of carbonyl (C=O) groups is 1. The third-order valence-electron chi connectivity index (χ3n) is 5.28. The van der Waals surface area contributed by atoms with Crippen LogP contribution in [0.1, 0.15) is 22.8 Å². The second-order valence-corrected chi connectivity index (χ2v) is 9.16. The highest BCUT2D eigenvalue weighted by atomic mass is 32.2. The van der Waals surface area contributed by atoms with Crippen molar-refractivity contribution < 1.29 is 13.2 Å². The second kappa shape index (κ2) is 7.37. The van der Waals surface area contributed by atoms with Crippen LogP contribution in [0.2, 0.25) is 0 Å². The Morgan fingerprint density at radius 1 is 0.966 bits per heavy atom. The maximum absolute atomic E-state index is 13.3. The summed E-state index contributed by atoms with van der Waals surface area (Å²) in [6, 6.07) is 23.0. The highest BCUT2D eigenvalue weighted by molar-refractivity contribution is 7.92. The number of benzene rings is 3. The van der Waals surface area contributed by atoms with Gasteiger partial charge in [0.2, 0.25) is 0 Å². The van der Waals surface area contributed by atoms with E-state index in [2.05, 4.69) is 0 Å². The highest BCUT2D eigenvalue weighted by Gasteiger charge is 2.31. The summed E-state index contributed by atoms with van der Waals surface area (Å²) in [5.41, 5.74) is 2.97. The van der Waals surface area contributed by atoms with Gasteiger partial charge in [-0.05, 0) is 55.3 Å². The van der Waals surface area contributed by atoms with Gasteiger partial charge < -0.3 is 4.90 Å². The molecule has 0 bridgehead atoms. The van der Waals surface area contributed by atoms with E-state index in [0.29, 0.717) is 11.3 Å². The smallest absolute Gasteiger partial charge is 0.264 e. The first-order valence-corrected chi connectivity index (χ1v) is 10.9. The number of nitrogens with zero attached hydrogens (tertiary/aromatic N) is 2. The van der Waals surface area contributed by atoms with Gasteiger partial charge in [0, 0.05) is 24.3 Å². The van der Waals surface area contributed by atoms with Gasteiger partial charge in [-0.3, -0.25) is 9.10 Å². The number of para-hydroxylation sites is 1. The third-order valence-corrected chi connectivity index (χ3v) is 7.08. The summed E-state index contributed by atoms with van der Waals surface area (Å²) < 4.78 is 27.0. The zero-order chi connectivity index (χ0) is 20.6. The summed E-state index contributed by atoms with van der Waals surface area (Å²) in [6.07, 6.45) is 0.809. The topological polar surface area (TPSA) is 57.7 Å². The number of sulfonamides is 1. The van der Waals surface area contributed by atoms with Crippen molar-refractivity contribution in [3.63, 3.8) is 0 Å². The van der Waals surface area contributed by atoms with E-state index in [1.165, 1.54) is 11.4 Å². The van der Waals surface area contributed by atoms with Crippen molar-refractivity contribution in [3.05, 3.63) is 90.0 Å². The van der Waals surface area contributed by atoms with Crippen LogP contribution in [0, 0.1) is 0 Å². The molecule has 6 heteroatoms. The largest absolute Gasteiger partial charge is 0.305 e. The van der Waals surface area contributed by atoms with Gasteiger partial charge in [0.25, 0.3) is 15.9 Å². The average Bonchev–Trinajstić information content (AvgIpc) is 3.09. The normalized spacial score (nSPS) is 15.8. The zero-order valence-corrected chi connectivity index (χ0v) is 17.1. The molecule has 0 aliphatic carbocycles. The van der Waals surface area contributed by atoms with E-state index in [1.807, 2.05) is 31.2 Å². The average molecular weight is 407 g/mol. The molecule has 0 fully saturated rings. The molecule has 0 N–H and O–H groups in total. The van der Waals surface area contributed by atoms with Crippen LogP contribution < -0.4 is 9.21 Å². The fraction of sp³-hybridized carbons (Fsp3) is 0.174. The quantitative estimate of drug-likeness (QED) is 0.655. The van der Waals surface area contributed by atoms with E-state index in [9.17, 15) is 13.2 Å². The van der Waals surface area contributed by atoms with Gasteiger partial charge in [-0.15, -0.1) is 0 Å². The fourth-order valence-corrected chi connectivity index (χ4v) is 4.95. The number of hydrogen-bond acceptors (Lipinski definition) is 3. The number of rotatable bonds is 4. The predicted molar refractivity (Wildman–Crippen MR) is 115 cm³/mol. The third kappa shape index (κ3) is 3.40. The van der Waals surface area contributed by atoms with Crippen molar-refractivity contribution in [2.24, 2.45) is 0 Å². The highest BCUT2D eigenvalue weighted by Crippen LogP contribution is 2.33. The molecule has 3 aromatic carbocycles. The van der Waals surface area contributed by atoms with Crippen LogP contribution in [0.5, 0.6) is 0 Å². The molecule has 5 nitrogen and oxygen atoms in total. The van der Waals surface area contributed by atoms with Gasteiger partial charge in [-0.1, -0.05) is 42.5 Å². The molecular formula is C23H22N2O3S. The molecule has 1 unspecified atom stereocenters. The van der Waals surface area contributed by atoms with Crippen LogP contribution >= 0.6 is 0 Å². The molecular weight excluding hydrogens is 384 g/mol. The van der Waals surface area contributed by atoms with E-state index in [1.54, 1.807) is 59.5 Å². The van der Waals surface area contributed by atoms with Gasteiger partial charge in [-0.2, -0.15) is 0 Å². The zero-order valence-electron chi connectivity index (χ0n) is 16.3. The molecule has 1 heterocycles. The van der Waals surface area contributed by atoms with E-state index >= 15 is 0 Å². The van der Waals surface area contributed by atoms with Crippen LogP contribution in [0.3, 0.4) is 0 Å². The Kier molecular flexibility index (Phi) is 4.88. The molecule has 1 aliphatic heterocycles. The van der Waals surface area contributed by atoms with Crippen molar-refractivity contribution in [2.75, 3.05) is 16.3 Å². The number of anilines is 2. The molecule has 0 aromatic heterocycles. The van der Waals surface area contributed by atoms with Gasteiger partial charge in [0.05, 0.1) is 10.6 Å². The van der Waals surface area contributed by atoms with Crippen LogP contribution in [0.15, 0.2) is 83.8 Å². The summed E-state index contributed by atoms with van der Waals surface area (Å²) in [7, 11) is -2.20. The standard InChI is InChI=1S/C23H22N2O3S/c1-17-15-18-9-6-7-14-22(18)25(17)23(26)19-10-8-11-20(16-19)24(2)29(27,28)21-12-4-3-5-13-21/h3-14,16-17H,15H2,1-2H3. The first-order chi connectivity index (χ1) is 13.9. The molecule has 1 amide bonds. The van der Waals surface area contributed by atoms with Crippen LogP contribution in [-0.2, 0) is 16.4 Å². The van der Waals surface area contributed by atoms with Crippen molar-refractivity contribution in [1.29, 1.82) is 0 Å². The summed E-state index contributed by atoms with van der Waals surface area (Å²) >= 11 is 0. The Morgan fingerprint density at radius 3 is 2.41 bits per heavy atom. The number of amides is 1. The molecule has 148 valence electrons. The van der Waals surface area contributed by atoms with Crippen LogP contribution in [0.4, 0.5) is 11.4 Å². The Labute approximate surface area is 171 Å². The molecule has 4 rings (SSSR count). The minimum absolute atomic E-state index is 0.0503. The van der Waals surface area contributed by atoms with Crippen molar-refractivity contribution in [1.82, 2.24) is 0 Å². The molecule has 1 aliphatic rings. The molecule has 29 heavy (non-hydrogen) atoms. The Morgan fingerprint density at radius 2 is 1.66 bits per heavy atom. The molecule has 0 radical (unpaired) electrons. The molecule has 0 saturated carbocycles. The van der Waals surface area contributed by atoms with E-state index in [0.717, 1.165) is 17.7 Å². The number of hydrogen-bond donors (Lipinski definition) is 0. The lowest BCUT2D eigenvalue weighted by Crippen LogP contribution is -2.36. The lowest BCUT2D eigenvalue weighted by molar-refractivity contribution is 0.0981. The van der Waals surface area contributed by atoms with E-state index in [4.69, 9.17) is 0 Å². The first kappa shape index (κ1) is 19.2.